The maximum absolute atomic E-state index is 12.9. The van der Waals surface area contributed by atoms with E-state index in [4.69, 9.17) is 14.2 Å². The highest BCUT2D eigenvalue weighted by Gasteiger charge is 2.19. The fourth-order valence-electron chi connectivity index (χ4n) is 9.79. The lowest BCUT2D eigenvalue weighted by molar-refractivity contribution is -0.167. The molecule has 0 bridgehead atoms. The molecule has 0 heterocycles. The number of esters is 3. The molecule has 0 spiro atoms. The van der Waals surface area contributed by atoms with Crippen LogP contribution < -0.4 is 0 Å². The summed E-state index contributed by atoms with van der Waals surface area (Å²) in [6.07, 6.45) is 73.3. The second-order valence-corrected chi connectivity index (χ2v) is 22.0. The molecule has 0 radical (unpaired) electrons. The van der Waals surface area contributed by atoms with E-state index in [9.17, 15) is 14.4 Å². The zero-order chi connectivity index (χ0) is 52.2. The molecule has 0 aliphatic carbocycles. The third-order valence-corrected chi connectivity index (χ3v) is 14.7. The Bertz CT molecular complexity index is 1160. The molecule has 6 nitrogen and oxygen atoms in total. The van der Waals surface area contributed by atoms with Crippen molar-refractivity contribution in [3.8, 4) is 0 Å². The van der Waals surface area contributed by atoms with E-state index in [2.05, 4.69) is 45.1 Å². The summed E-state index contributed by atoms with van der Waals surface area (Å²) >= 11 is 0. The summed E-state index contributed by atoms with van der Waals surface area (Å²) in [7, 11) is 0. The highest BCUT2D eigenvalue weighted by Crippen LogP contribution is 2.18. The van der Waals surface area contributed by atoms with Gasteiger partial charge in [0.25, 0.3) is 0 Å². The van der Waals surface area contributed by atoms with Crippen molar-refractivity contribution in [1.29, 1.82) is 0 Å². The summed E-state index contributed by atoms with van der Waals surface area (Å²) in [5, 5.41) is 0. The van der Waals surface area contributed by atoms with Crippen LogP contribution in [0.1, 0.15) is 361 Å². The quantitative estimate of drug-likeness (QED) is 0.0261. The first kappa shape index (κ1) is 69.9. The Hall–Kier alpha value is -2.11. The number of rotatable bonds is 60. The van der Waals surface area contributed by atoms with Crippen molar-refractivity contribution < 1.29 is 28.6 Å². The molecule has 0 amide bonds. The molecular formula is C66H124O6. The number of unbranched alkanes of at least 4 members (excludes halogenated alkanes) is 45. The standard InChI is InChI=1S/C66H124O6/c1-4-7-10-13-16-19-22-25-27-29-30-31-32-33-34-35-36-37-39-41-44-47-50-53-56-59-65(68)71-62-63(61-70-64(67)58-55-52-49-46-43-40-24-21-18-15-12-9-6-3)72-66(69)60-57-54-51-48-45-42-38-28-26-23-20-17-14-11-8-5-2/h21,24,29-30,63H,4-20,22-23,25-28,31-62H2,1-3H3/b24-21-,30-29-. The molecule has 0 saturated heterocycles. The van der Waals surface area contributed by atoms with Gasteiger partial charge in [-0.2, -0.15) is 0 Å². The van der Waals surface area contributed by atoms with Gasteiger partial charge in [0.05, 0.1) is 0 Å². The first-order valence-electron chi connectivity index (χ1n) is 32.3. The Morgan fingerprint density at radius 2 is 0.458 bits per heavy atom. The van der Waals surface area contributed by atoms with Gasteiger partial charge >= 0.3 is 17.9 Å². The number of allylic oxidation sites excluding steroid dienone is 4. The molecule has 0 N–H and O–H groups in total. The van der Waals surface area contributed by atoms with Crippen LogP contribution in [0.3, 0.4) is 0 Å². The van der Waals surface area contributed by atoms with Crippen LogP contribution in [0.2, 0.25) is 0 Å². The predicted molar refractivity (Wildman–Crippen MR) is 312 cm³/mol. The summed E-state index contributed by atoms with van der Waals surface area (Å²) in [4.78, 5) is 38.3. The van der Waals surface area contributed by atoms with Gasteiger partial charge in [-0.15, -0.1) is 0 Å². The highest BCUT2D eigenvalue weighted by atomic mass is 16.6. The van der Waals surface area contributed by atoms with Crippen molar-refractivity contribution in [2.24, 2.45) is 0 Å². The third-order valence-electron chi connectivity index (χ3n) is 14.7. The molecule has 1 unspecified atom stereocenters. The maximum atomic E-state index is 12.9. The van der Waals surface area contributed by atoms with Crippen LogP contribution in [0.5, 0.6) is 0 Å². The van der Waals surface area contributed by atoms with Crippen molar-refractivity contribution in [1.82, 2.24) is 0 Å². The lowest BCUT2D eigenvalue weighted by atomic mass is 10.0. The van der Waals surface area contributed by atoms with Gasteiger partial charge < -0.3 is 14.2 Å². The molecule has 0 aliphatic heterocycles. The fourth-order valence-corrected chi connectivity index (χ4v) is 9.79. The van der Waals surface area contributed by atoms with E-state index in [-0.39, 0.29) is 31.1 Å². The van der Waals surface area contributed by atoms with Crippen molar-refractivity contribution in [3.05, 3.63) is 24.3 Å². The summed E-state index contributed by atoms with van der Waals surface area (Å²) in [6, 6.07) is 0. The van der Waals surface area contributed by atoms with E-state index in [1.807, 2.05) is 0 Å². The zero-order valence-corrected chi connectivity index (χ0v) is 48.7. The third kappa shape index (κ3) is 58.8. The lowest BCUT2D eigenvalue weighted by Crippen LogP contribution is -2.30. The number of hydrogen-bond donors (Lipinski definition) is 0. The van der Waals surface area contributed by atoms with Gasteiger partial charge in [0.2, 0.25) is 0 Å². The Balaban J connectivity index is 4.22. The molecule has 0 saturated carbocycles. The van der Waals surface area contributed by atoms with E-state index in [1.165, 1.54) is 257 Å². The van der Waals surface area contributed by atoms with Gasteiger partial charge in [-0.1, -0.05) is 295 Å². The molecule has 424 valence electrons. The molecule has 0 aromatic rings. The van der Waals surface area contributed by atoms with Crippen LogP contribution >= 0.6 is 0 Å². The first-order chi connectivity index (χ1) is 35.5. The van der Waals surface area contributed by atoms with Gasteiger partial charge in [-0.05, 0) is 70.6 Å². The molecule has 72 heavy (non-hydrogen) atoms. The number of hydrogen-bond acceptors (Lipinski definition) is 6. The summed E-state index contributed by atoms with van der Waals surface area (Å²) in [6.45, 7) is 6.68. The van der Waals surface area contributed by atoms with Crippen LogP contribution in [0.15, 0.2) is 24.3 Å². The monoisotopic (exact) mass is 1010 g/mol. The summed E-state index contributed by atoms with van der Waals surface area (Å²) < 4.78 is 16.9. The van der Waals surface area contributed by atoms with Crippen LogP contribution in [0.25, 0.3) is 0 Å². The molecule has 0 aromatic carbocycles. The largest absolute Gasteiger partial charge is 0.462 e. The first-order valence-corrected chi connectivity index (χ1v) is 32.3. The maximum Gasteiger partial charge on any atom is 0.306 e. The van der Waals surface area contributed by atoms with Gasteiger partial charge in [0.1, 0.15) is 13.2 Å². The number of ether oxygens (including phenoxy) is 3. The Morgan fingerprint density at radius 3 is 0.708 bits per heavy atom. The van der Waals surface area contributed by atoms with Crippen LogP contribution in [-0.2, 0) is 28.6 Å². The molecule has 6 heteroatoms. The molecule has 0 rings (SSSR count). The van der Waals surface area contributed by atoms with E-state index < -0.39 is 6.10 Å². The van der Waals surface area contributed by atoms with Gasteiger partial charge in [0.15, 0.2) is 6.10 Å². The zero-order valence-electron chi connectivity index (χ0n) is 48.7. The Morgan fingerprint density at radius 1 is 0.264 bits per heavy atom. The number of carbonyl (C=O) groups is 3. The van der Waals surface area contributed by atoms with Crippen LogP contribution in [0.4, 0.5) is 0 Å². The van der Waals surface area contributed by atoms with Crippen molar-refractivity contribution in [2.45, 2.75) is 367 Å². The molecule has 0 fully saturated rings. The number of carbonyl (C=O) groups excluding carboxylic acids is 3. The van der Waals surface area contributed by atoms with Gasteiger partial charge in [-0.3, -0.25) is 14.4 Å². The minimum absolute atomic E-state index is 0.0687. The van der Waals surface area contributed by atoms with Crippen molar-refractivity contribution in [2.75, 3.05) is 13.2 Å². The van der Waals surface area contributed by atoms with Gasteiger partial charge in [-0.25, -0.2) is 0 Å². The predicted octanol–water partition coefficient (Wildman–Crippen LogP) is 21.8. The van der Waals surface area contributed by atoms with Crippen LogP contribution in [-0.4, -0.2) is 37.2 Å². The average molecular weight is 1010 g/mol. The Labute approximate surface area is 449 Å². The van der Waals surface area contributed by atoms with Crippen molar-refractivity contribution in [3.63, 3.8) is 0 Å². The van der Waals surface area contributed by atoms with E-state index in [0.29, 0.717) is 19.3 Å². The van der Waals surface area contributed by atoms with E-state index in [0.717, 1.165) is 64.2 Å². The van der Waals surface area contributed by atoms with Crippen molar-refractivity contribution >= 4 is 17.9 Å². The van der Waals surface area contributed by atoms with E-state index in [1.54, 1.807) is 0 Å². The average Bonchev–Trinajstić information content (AvgIpc) is 3.38. The molecular weight excluding hydrogens is 889 g/mol. The summed E-state index contributed by atoms with van der Waals surface area (Å²) in [5.41, 5.74) is 0. The van der Waals surface area contributed by atoms with Crippen LogP contribution in [0, 0.1) is 0 Å². The smallest absolute Gasteiger partial charge is 0.306 e. The molecule has 1 atom stereocenters. The Kier molecular flexibility index (Phi) is 59.6. The SMILES string of the molecule is CCCCCC/C=C\CCCCCCCC(=O)OCC(COC(=O)CCCCCCCCCCCCCCC/C=C\CCCCCCCCCC)OC(=O)CCCCCCCCCCCCCCCCCC. The minimum atomic E-state index is -0.771. The van der Waals surface area contributed by atoms with E-state index >= 15 is 0 Å². The lowest BCUT2D eigenvalue weighted by Gasteiger charge is -2.18. The normalized spacial score (nSPS) is 12.1. The molecule has 0 aliphatic rings. The summed E-state index contributed by atoms with van der Waals surface area (Å²) in [5.74, 6) is -0.852. The topological polar surface area (TPSA) is 78.9 Å². The minimum Gasteiger partial charge on any atom is -0.462 e. The molecule has 0 aromatic heterocycles. The van der Waals surface area contributed by atoms with Gasteiger partial charge in [0, 0.05) is 19.3 Å². The fraction of sp³-hybridized carbons (Fsp3) is 0.894. The second-order valence-electron chi connectivity index (χ2n) is 22.0. The highest BCUT2D eigenvalue weighted by molar-refractivity contribution is 5.71. The second kappa shape index (κ2) is 61.4.